The van der Waals surface area contributed by atoms with Crippen LogP contribution < -0.4 is 10.5 Å². The predicted molar refractivity (Wildman–Crippen MR) is 65.8 cm³/mol. The van der Waals surface area contributed by atoms with E-state index in [4.69, 9.17) is 5.73 Å². The van der Waals surface area contributed by atoms with E-state index in [1.807, 2.05) is 0 Å². The van der Waals surface area contributed by atoms with Crippen molar-refractivity contribution in [3.8, 4) is 0 Å². The van der Waals surface area contributed by atoms with Crippen LogP contribution in [0.15, 0.2) is 41.4 Å². The lowest BCUT2D eigenvalue weighted by Gasteiger charge is -2.09. The lowest BCUT2D eigenvalue weighted by atomic mass is 10.3. The smallest absolute Gasteiger partial charge is 0.264 e. The highest BCUT2D eigenvalue weighted by Crippen LogP contribution is 2.20. The van der Waals surface area contributed by atoms with E-state index in [1.54, 1.807) is 0 Å². The van der Waals surface area contributed by atoms with Gasteiger partial charge in [0.1, 0.15) is 10.7 Å². The Labute approximate surface area is 108 Å². The number of nitrogen functional groups attached to an aromatic ring is 1. The molecule has 0 aliphatic rings. The summed E-state index contributed by atoms with van der Waals surface area (Å²) in [5.74, 6) is -1.69. The fraction of sp³-hybridized carbons (Fsp3) is 0. The molecule has 1 aromatic carbocycles. The number of halogens is 2. The molecule has 0 aliphatic carbocycles. The minimum Gasteiger partial charge on any atom is -0.399 e. The van der Waals surface area contributed by atoms with Gasteiger partial charge in [-0.3, -0.25) is 4.72 Å². The fourth-order valence-corrected chi connectivity index (χ4v) is 2.53. The average Bonchev–Trinajstić information content (AvgIpc) is 2.35. The van der Waals surface area contributed by atoms with Gasteiger partial charge in [-0.1, -0.05) is 0 Å². The van der Waals surface area contributed by atoms with Gasteiger partial charge in [-0.25, -0.2) is 17.8 Å². The molecule has 0 saturated carbocycles. The molecule has 0 spiro atoms. The Bertz CT molecular complexity index is 702. The van der Waals surface area contributed by atoms with Crippen LogP contribution >= 0.6 is 0 Å². The topological polar surface area (TPSA) is 85.1 Å². The van der Waals surface area contributed by atoms with Crippen molar-refractivity contribution >= 4 is 21.4 Å². The largest absolute Gasteiger partial charge is 0.399 e. The SMILES string of the molecule is Nc1ccc(F)c(S(=O)(=O)Nc2ccc(F)nc2)c1. The highest BCUT2D eigenvalue weighted by molar-refractivity contribution is 7.92. The number of nitrogens with one attached hydrogen (secondary N) is 1. The Morgan fingerprint density at radius 3 is 2.53 bits per heavy atom. The van der Waals surface area contributed by atoms with Crippen molar-refractivity contribution in [3.63, 3.8) is 0 Å². The number of aromatic nitrogens is 1. The molecule has 0 aliphatic heterocycles. The van der Waals surface area contributed by atoms with Crippen molar-refractivity contribution in [1.82, 2.24) is 4.98 Å². The second-order valence-electron chi connectivity index (χ2n) is 3.66. The Balaban J connectivity index is 2.37. The van der Waals surface area contributed by atoms with Crippen LogP contribution in [0.4, 0.5) is 20.2 Å². The molecule has 2 aromatic rings. The van der Waals surface area contributed by atoms with Crippen LogP contribution in [-0.2, 0) is 10.0 Å². The molecule has 0 fully saturated rings. The summed E-state index contributed by atoms with van der Waals surface area (Å²) in [5.41, 5.74) is 5.54. The molecule has 5 nitrogen and oxygen atoms in total. The zero-order valence-corrected chi connectivity index (χ0v) is 10.3. The van der Waals surface area contributed by atoms with Crippen LogP contribution in [0.5, 0.6) is 0 Å². The second kappa shape index (κ2) is 4.81. The third-order valence-electron chi connectivity index (χ3n) is 2.22. The van der Waals surface area contributed by atoms with E-state index >= 15 is 0 Å². The van der Waals surface area contributed by atoms with Gasteiger partial charge in [0.2, 0.25) is 5.95 Å². The van der Waals surface area contributed by atoms with Crippen LogP contribution in [0.1, 0.15) is 0 Å². The summed E-state index contributed by atoms with van der Waals surface area (Å²) in [6.07, 6.45) is 0.983. The lowest BCUT2D eigenvalue weighted by Crippen LogP contribution is -2.15. The van der Waals surface area contributed by atoms with Crippen LogP contribution in [0.2, 0.25) is 0 Å². The molecule has 0 saturated heterocycles. The molecule has 1 heterocycles. The number of rotatable bonds is 3. The van der Waals surface area contributed by atoms with Gasteiger partial charge in [-0.15, -0.1) is 0 Å². The molecule has 19 heavy (non-hydrogen) atoms. The van der Waals surface area contributed by atoms with E-state index in [-0.39, 0.29) is 11.4 Å². The molecule has 0 radical (unpaired) electrons. The van der Waals surface area contributed by atoms with E-state index in [0.717, 1.165) is 24.4 Å². The molecule has 100 valence electrons. The molecular weight excluding hydrogens is 276 g/mol. The van der Waals surface area contributed by atoms with Gasteiger partial charge >= 0.3 is 0 Å². The van der Waals surface area contributed by atoms with Gasteiger partial charge in [0.25, 0.3) is 10.0 Å². The van der Waals surface area contributed by atoms with Crippen molar-refractivity contribution < 1.29 is 17.2 Å². The minimum atomic E-state index is -4.15. The predicted octanol–water partition coefficient (Wildman–Crippen LogP) is 1.74. The Morgan fingerprint density at radius 1 is 1.16 bits per heavy atom. The first-order valence-electron chi connectivity index (χ1n) is 5.08. The normalized spacial score (nSPS) is 11.3. The zero-order chi connectivity index (χ0) is 14.0. The number of hydrogen-bond acceptors (Lipinski definition) is 4. The Morgan fingerprint density at radius 2 is 1.89 bits per heavy atom. The van der Waals surface area contributed by atoms with Crippen molar-refractivity contribution in [1.29, 1.82) is 0 Å². The lowest BCUT2D eigenvalue weighted by molar-refractivity contribution is 0.570. The third-order valence-corrected chi connectivity index (χ3v) is 3.62. The Kier molecular flexibility index (Phi) is 3.34. The van der Waals surface area contributed by atoms with Crippen LogP contribution in [0, 0.1) is 11.8 Å². The Hall–Kier alpha value is -2.22. The highest BCUT2D eigenvalue weighted by Gasteiger charge is 2.19. The monoisotopic (exact) mass is 285 g/mol. The summed E-state index contributed by atoms with van der Waals surface area (Å²) < 4.78 is 52.0. The van der Waals surface area contributed by atoms with Crippen LogP contribution in [-0.4, -0.2) is 13.4 Å². The number of anilines is 2. The van der Waals surface area contributed by atoms with Gasteiger partial charge in [0.15, 0.2) is 0 Å². The number of benzene rings is 1. The molecule has 8 heteroatoms. The zero-order valence-electron chi connectivity index (χ0n) is 9.47. The summed E-state index contributed by atoms with van der Waals surface area (Å²) in [6, 6.07) is 5.34. The maximum absolute atomic E-state index is 13.5. The summed E-state index contributed by atoms with van der Waals surface area (Å²) in [7, 11) is -4.15. The molecule has 0 unspecified atom stereocenters. The standard InChI is InChI=1S/C11H9F2N3O2S/c12-9-3-1-7(14)5-10(9)19(17,18)16-8-2-4-11(13)15-6-8/h1-6,16H,14H2. The molecule has 2 rings (SSSR count). The number of nitrogens with zero attached hydrogens (tertiary/aromatic N) is 1. The first-order chi connectivity index (χ1) is 8.88. The maximum Gasteiger partial charge on any atom is 0.264 e. The van der Waals surface area contributed by atoms with Gasteiger partial charge in [0, 0.05) is 5.69 Å². The molecular formula is C11H9F2N3O2S. The van der Waals surface area contributed by atoms with E-state index in [9.17, 15) is 17.2 Å². The quantitative estimate of drug-likeness (QED) is 0.664. The summed E-state index contributed by atoms with van der Waals surface area (Å²) in [6.45, 7) is 0. The van der Waals surface area contributed by atoms with Crippen molar-refractivity contribution in [2.45, 2.75) is 4.90 Å². The highest BCUT2D eigenvalue weighted by atomic mass is 32.2. The van der Waals surface area contributed by atoms with Crippen LogP contribution in [0.3, 0.4) is 0 Å². The maximum atomic E-state index is 13.5. The minimum absolute atomic E-state index is 0.0169. The first kappa shape index (κ1) is 13.2. The number of hydrogen-bond donors (Lipinski definition) is 2. The molecule has 0 amide bonds. The molecule has 3 N–H and O–H groups in total. The van der Waals surface area contributed by atoms with Crippen molar-refractivity contribution in [3.05, 3.63) is 48.3 Å². The van der Waals surface area contributed by atoms with E-state index in [0.29, 0.717) is 0 Å². The molecule has 1 aromatic heterocycles. The van der Waals surface area contributed by atoms with Crippen molar-refractivity contribution in [2.24, 2.45) is 0 Å². The summed E-state index contributed by atoms with van der Waals surface area (Å²) in [5, 5.41) is 0. The van der Waals surface area contributed by atoms with Crippen molar-refractivity contribution in [2.75, 3.05) is 10.5 Å². The van der Waals surface area contributed by atoms with E-state index < -0.39 is 26.7 Å². The second-order valence-corrected chi connectivity index (χ2v) is 5.32. The fourth-order valence-electron chi connectivity index (χ4n) is 1.37. The number of sulfonamides is 1. The molecule has 0 bridgehead atoms. The van der Waals surface area contributed by atoms with Gasteiger partial charge in [0.05, 0.1) is 11.9 Å². The average molecular weight is 285 g/mol. The number of pyridine rings is 1. The van der Waals surface area contributed by atoms with Gasteiger partial charge < -0.3 is 5.73 Å². The van der Waals surface area contributed by atoms with Gasteiger partial charge in [-0.2, -0.15) is 4.39 Å². The molecule has 0 atom stereocenters. The third kappa shape index (κ3) is 2.97. The van der Waals surface area contributed by atoms with E-state index in [1.165, 1.54) is 12.1 Å². The van der Waals surface area contributed by atoms with Gasteiger partial charge in [-0.05, 0) is 30.3 Å². The van der Waals surface area contributed by atoms with Crippen LogP contribution in [0.25, 0.3) is 0 Å². The summed E-state index contributed by atoms with van der Waals surface area (Å²) >= 11 is 0. The first-order valence-corrected chi connectivity index (χ1v) is 6.56. The van der Waals surface area contributed by atoms with E-state index in [2.05, 4.69) is 9.71 Å². The summed E-state index contributed by atoms with van der Waals surface area (Å²) in [4.78, 5) is 2.70. The number of nitrogens with two attached hydrogens (primary N) is 1.